The minimum Gasteiger partial charge on any atom is -0.380 e. The number of ether oxygens (including phenoxy) is 1. The van der Waals surface area contributed by atoms with E-state index in [1.165, 1.54) is 16.8 Å². The fraction of sp³-hybridized carbons (Fsp3) is 0.304. The van der Waals surface area contributed by atoms with E-state index in [2.05, 4.69) is 15.3 Å². The highest BCUT2D eigenvalue weighted by Gasteiger charge is 2.23. The van der Waals surface area contributed by atoms with Crippen LogP contribution in [0.15, 0.2) is 65.6 Å². The lowest BCUT2D eigenvalue weighted by atomic mass is 10.0. The third kappa shape index (κ3) is 5.31. The van der Waals surface area contributed by atoms with E-state index in [-0.39, 0.29) is 22.4 Å². The Morgan fingerprint density at radius 3 is 2.52 bits per heavy atom. The molecule has 0 bridgehead atoms. The lowest BCUT2D eigenvalue weighted by Crippen LogP contribution is -2.41. The summed E-state index contributed by atoms with van der Waals surface area (Å²) in [4.78, 5) is 15.0. The molecule has 1 fully saturated rings. The molecule has 0 amide bonds. The monoisotopic (exact) mass is 442 g/mol. The summed E-state index contributed by atoms with van der Waals surface area (Å²) in [6.45, 7) is 3.69. The molecule has 2 heterocycles. The fourth-order valence-corrected chi connectivity index (χ4v) is 3.91. The van der Waals surface area contributed by atoms with Crippen molar-refractivity contribution in [3.05, 3.63) is 93.1 Å². The lowest BCUT2D eigenvalue weighted by molar-refractivity contribution is 0.0187. The highest BCUT2D eigenvalue weighted by molar-refractivity contribution is 6.32. The molecule has 1 N–H and O–H groups in total. The number of nitrogens with one attached hydrogen (secondary N) is 1. The largest absolute Gasteiger partial charge is 0.380 e. The topological polar surface area (TPSA) is 59.4 Å². The zero-order valence-corrected chi connectivity index (χ0v) is 17.8. The van der Waals surface area contributed by atoms with E-state index < -0.39 is 0 Å². The van der Waals surface area contributed by atoms with E-state index in [0.29, 0.717) is 32.0 Å². The van der Waals surface area contributed by atoms with Gasteiger partial charge in [0.05, 0.1) is 37.7 Å². The van der Waals surface area contributed by atoms with Crippen molar-refractivity contribution in [3.8, 4) is 0 Å². The third-order valence-corrected chi connectivity index (χ3v) is 5.75. The van der Waals surface area contributed by atoms with Gasteiger partial charge in [-0.05, 0) is 23.3 Å². The van der Waals surface area contributed by atoms with Gasteiger partial charge in [-0.2, -0.15) is 5.10 Å². The van der Waals surface area contributed by atoms with E-state index in [1.807, 2.05) is 30.3 Å². The van der Waals surface area contributed by atoms with Gasteiger partial charge in [0, 0.05) is 19.6 Å². The Hall–Kier alpha value is -2.74. The van der Waals surface area contributed by atoms with E-state index >= 15 is 0 Å². The summed E-state index contributed by atoms with van der Waals surface area (Å²) >= 11 is 6.38. The first-order chi connectivity index (χ1) is 15.1. The van der Waals surface area contributed by atoms with Crippen molar-refractivity contribution in [2.24, 2.45) is 0 Å². The van der Waals surface area contributed by atoms with Crippen molar-refractivity contribution in [3.63, 3.8) is 0 Å². The first kappa shape index (κ1) is 21.5. The Bertz CT molecular complexity index is 1050. The van der Waals surface area contributed by atoms with Crippen LogP contribution in [0.3, 0.4) is 0 Å². The summed E-state index contributed by atoms with van der Waals surface area (Å²) < 4.78 is 20.2. The molecule has 1 atom stereocenters. The summed E-state index contributed by atoms with van der Waals surface area (Å²) in [6.07, 6.45) is 1.58. The Morgan fingerprint density at radius 1 is 1.10 bits per heavy atom. The normalized spacial score (nSPS) is 15.5. The van der Waals surface area contributed by atoms with Gasteiger partial charge in [-0.3, -0.25) is 9.69 Å². The zero-order valence-electron chi connectivity index (χ0n) is 17.0. The van der Waals surface area contributed by atoms with Crippen LogP contribution in [0.4, 0.5) is 10.1 Å². The molecule has 2 aromatic carbocycles. The maximum absolute atomic E-state index is 13.4. The average Bonchev–Trinajstić information content (AvgIpc) is 2.81. The maximum atomic E-state index is 13.4. The molecule has 0 radical (unpaired) electrons. The van der Waals surface area contributed by atoms with Crippen LogP contribution >= 0.6 is 11.6 Å². The van der Waals surface area contributed by atoms with E-state index in [1.54, 1.807) is 18.3 Å². The molecular weight excluding hydrogens is 419 g/mol. The molecule has 31 heavy (non-hydrogen) atoms. The molecule has 1 saturated heterocycles. The van der Waals surface area contributed by atoms with E-state index in [4.69, 9.17) is 16.3 Å². The van der Waals surface area contributed by atoms with Crippen LogP contribution in [-0.2, 0) is 11.3 Å². The number of halogens is 2. The molecule has 162 valence electrons. The van der Waals surface area contributed by atoms with Crippen LogP contribution in [0.2, 0.25) is 5.02 Å². The second-order valence-corrected chi connectivity index (χ2v) is 7.80. The Morgan fingerprint density at radius 2 is 1.81 bits per heavy atom. The SMILES string of the molecule is O=c1c(Cl)c(NCC(c2ccc(F)cc2)N2CCOCC2)cnn1Cc1ccccc1. The number of aromatic nitrogens is 2. The molecule has 1 aliphatic rings. The predicted molar refractivity (Wildman–Crippen MR) is 119 cm³/mol. The molecule has 0 aliphatic carbocycles. The first-order valence-corrected chi connectivity index (χ1v) is 10.6. The number of rotatable bonds is 7. The van der Waals surface area contributed by atoms with Crippen molar-refractivity contribution in [2.45, 2.75) is 12.6 Å². The highest BCUT2D eigenvalue weighted by atomic mass is 35.5. The second kappa shape index (κ2) is 10.0. The molecular formula is C23H24ClFN4O2. The van der Waals surface area contributed by atoms with Crippen LogP contribution in [-0.4, -0.2) is 47.5 Å². The quantitative estimate of drug-likeness (QED) is 0.606. The number of hydrogen-bond acceptors (Lipinski definition) is 5. The molecule has 3 aromatic rings. The van der Waals surface area contributed by atoms with Crippen LogP contribution < -0.4 is 10.9 Å². The molecule has 4 rings (SSSR count). The standard InChI is InChI=1S/C23H24ClFN4O2/c24-22-20(14-27-29(23(22)30)16-17-4-2-1-3-5-17)26-15-21(28-10-12-31-13-11-28)18-6-8-19(25)9-7-18/h1-9,14,21,26H,10-13,15-16H2. The lowest BCUT2D eigenvalue weighted by Gasteiger charge is -2.35. The van der Waals surface area contributed by atoms with Crippen LogP contribution in [0.1, 0.15) is 17.2 Å². The summed E-state index contributed by atoms with van der Waals surface area (Å²) in [6, 6.07) is 16.1. The number of hydrogen-bond donors (Lipinski definition) is 1. The Balaban J connectivity index is 1.51. The van der Waals surface area contributed by atoms with Crippen LogP contribution in [0, 0.1) is 5.82 Å². The molecule has 1 aliphatic heterocycles. The molecule has 8 heteroatoms. The summed E-state index contributed by atoms with van der Waals surface area (Å²) in [5, 5.41) is 7.66. The van der Waals surface area contributed by atoms with Crippen molar-refractivity contribution in [2.75, 3.05) is 38.2 Å². The molecule has 1 aromatic heterocycles. The first-order valence-electron chi connectivity index (χ1n) is 10.2. The van der Waals surface area contributed by atoms with Gasteiger partial charge < -0.3 is 10.1 Å². The van der Waals surface area contributed by atoms with Gasteiger partial charge in [-0.1, -0.05) is 54.1 Å². The van der Waals surface area contributed by atoms with Gasteiger partial charge in [0.25, 0.3) is 5.56 Å². The Kier molecular flexibility index (Phi) is 6.96. The van der Waals surface area contributed by atoms with Crippen LogP contribution in [0.5, 0.6) is 0 Å². The molecule has 0 spiro atoms. The number of nitrogens with zero attached hydrogens (tertiary/aromatic N) is 3. The van der Waals surface area contributed by atoms with Gasteiger partial charge in [0.1, 0.15) is 10.8 Å². The predicted octanol–water partition coefficient (Wildman–Crippen LogP) is 3.57. The molecule has 6 nitrogen and oxygen atoms in total. The summed E-state index contributed by atoms with van der Waals surface area (Å²) in [7, 11) is 0. The molecule has 0 saturated carbocycles. The zero-order chi connectivity index (χ0) is 21.6. The second-order valence-electron chi connectivity index (χ2n) is 7.42. The van der Waals surface area contributed by atoms with Gasteiger partial charge in [-0.25, -0.2) is 9.07 Å². The maximum Gasteiger partial charge on any atom is 0.287 e. The summed E-state index contributed by atoms with van der Waals surface area (Å²) in [5.41, 5.74) is 2.09. The van der Waals surface area contributed by atoms with Gasteiger partial charge in [0.15, 0.2) is 0 Å². The number of morpholine rings is 1. The van der Waals surface area contributed by atoms with Gasteiger partial charge in [0.2, 0.25) is 0 Å². The minimum absolute atomic E-state index is 0.0210. The fourth-order valence-electron chi connectivity index (χ4n) is 3.70. The van der Waals surface area contributed by atoms with E-state index in [9.17, 15) is 9.18 Å². The van der Waals surface area contributed by atoms with Crippen molar-refractivity contribution < 1.29 is 9.13 Å². The van der Waals surface area contributed by atoms with Gasteiger partial charge in [-0.15, -0.1) is 0 Å². The number of anilines is 1. The van der Waals surface area contributed by atoms with Crippen molar-refractivity contribution >= 4 is 17.3 Å². The summed E-state index contributed by atoms with van der Waals surface area (Å²) in [5.74, 6) is -0.272. The third-order valence-electron chi connectivity index (χ3n) is 5.39. The van der Waals surface area contributed by atoms with E-state index in [0.717, 1.165) is 24.2 Å². The van der Waals surface area contributed by atoms with Gasteiger partial charge >= 0.3 is 0 Å². The minimum atomic E-state index is -0.347. The average molecular weight is 443 g/mol. The number of benzene rings is 2. The highest BCUT2D eigenvalue weighted by Crippen LogP contribution is 2.24. The van der Waals surface area contributed by atoms with Crippen LogP contribution in [0.25, 0.3) is 0 Å². The smallest absolute Gasteiger partial charge is 0.287 e. The Labute approximate surface area is 185 Å². The van der Waals surface area contributed by atoms with Crippen molar-refractivity contribution in [1.82, 2.24) is 14.7 Å². The van der Waals surface area contributed by atoms with Crippen molar-refractivity contribution in [1.29, 1.82) is 0 Å². The molecule has 1 unspecified atom stereocenters.